The highest BCUT2D eigenvalue weighted by atomic mass is 16.4. The van der Waals surface area contributed by atoms with Gasteiger partial charge in [0.25, 0.3) is 0 Å². The van der Waals surface area contributed by atoms with E-state index in [-0.39, 0.29) is 12.5 Å². The summed E-state index contributed by atoms with van der Waals surface area (Å²) in [6, 6.07) is 0. The molecule has 3 atom stereocenters. The van der Waals surface area contributed by atoms with E-state index >= 15 is 0 Å². The fourth-order valence-corrected chi connectivity index (χ4v) is 2.67. The largest absolute Gasteiger partial charge is 0.480 e. The van der Waals surface area contributed by atoms with Crippen molar-refractivity contribution in [1.82, 2.24) is 5.32 Å². The number of rotatable bonds is 5. The molecule has 0 saturated heterocycles. The molecule has 1 aliphatic rings. The predicted octanol–water partition coefficient (Wildman–Crippen LogP) is 2.17. The van der Waals surface area contributed by atoms with Gasteiger partial charge in [-0.3, -0.25) is 4.79 Å². The second-order valence-electron chi connectivity index (χ2n) is 4.94. The maximum Gasteiger partial charge on any atom is 0.324 e. The quantitative estimate of drug-likeness (QED) is 0.333. The summed E-state index contributed by atoms with van der Waals surface area (Å²) in [5, 5.41) is 15.9. The van der Waals surface area contributed by atoms with Crippen LogP contribution in [0, 0.1) is 11.8 Å². The normalized spacial score (nSPS) is 32.8. The van der Waals surface area contributed by atoms with Gasteiger partial charge in [-0.1, -0.05) is 19.0 Å². The van der Waals surface area contributed by atoms with Crippen molar-refractivity contribution in [2.45, 2.75) is 38.6 Å². The molecule has 96 valence electrons. The fraction of sp³-hybridized carbons (Fsp3) is 0.909. The SMILES string of the molecule is CC1CCC(NCCN=[N+]=[N-])(C(=O)O)C(C)C1. The van der Waals surface area contributed by atoms with Crippen LogP contribution in [0.25, 0.3) is 10.4 Å². The van der Waals surface area contributed by atoms with E-state index in [0.717, 1.165) is 12.8 Å². The number of carbonyl (C=O) groups is 1. The lowest BCUT2D eigenvalue weighted by Crippen LogP contribution is -2.59. The molecule has 0 amide bonds. The van der Waals surface area contributed by atoms with E-state index in [0.29, 0.717) is 18.9 Å². The average molecular weight is 240 g/mol. The molecule has 6 nitrogen and oxygen atoms in total. The Balaban J connectivity index is 2.68. The van der Waals surface area contributed by atoms with Crippen molar-refractivity contribution in [1.29, 1.82) is 0 Å². The molecule has 3 unspecified atom stereocenters. The lowest BCUT2D eigenvalue weighted by molar-refractivity contribution is -0.149. The molecular weight excluding hydrogens is 220 g/mol. The van der Waals surface area contributed by atoms with E-state index in [2.05, 4.69) is 22.3 Å². The second-order valence-corrected chi connectivity index (χ2v) is 4.94. The second kappa shape index (κ2) is 5.89. The monoisotopic (exact) mass is 240 g/mol. The number of nitrogens with one attached hydrogen (secondary N) is 1. The highest BCUT2D eigenvalue weighted by Crippen LogP contribution is 2.36. The molecule has 0 spiro atoms. The Morgan fingerprint density at radius 1 is 1.65 bits per heavy atom. The molecule has 17 heavy (non-hydrogen) atoms. The van der Waals surface area contributed by atoms with Gasteiger partial charge in [-0.15, -0.1) is 0 Å². The number of carboxylic acid groups (broad SMARTS) is 1. The van der Waals surface area contributed by atoms with Gasteiger partial charge in [-0.25, -0.2) is 0 Å². The third-order valence-electron chi connectivity index (χ3n) is 3.73. The maximum atomic E-state index is 11.5. The van der Waals surface area contributed by atoms with Crippen molar-refractivity contribution in [3.05, 3.63) is 10.4 Å². The Morgan fingerprint density at radius 2 is 2.35 bits per heavy atom. The predicted molar refractivity (Wildman–Crippen MR) is 64.6 cm³/mol. The summed E-state index contributed by atoms with van der Waals surface area (Å²) in [6.07, 6.45) is 2.48. The summed E-state index contributed by atoms with van der Waals surface area (Å²) in [4.78, 5) is 14.1. The molecule has 0 bridgehead atoms. The summed E-state index contributed by atoms with van der Waals surface area (Å²) >= 11 is 0. The van der Waals surface area contributed by atoms with Crippen LogP contribution in [0.3, 0.4) is 0 Å². The van der Waals surface area contributed by atoms with Gasteiger partial charge in [0.15, 0.2) is 0 Å². The third-order valence-corrected chi connectivity index (χ3v) is 3.73. The minimum Gasteiger partial charge on any atom is -0.480 e. The first-order valence-electron chi connectivity index (χ1n) is 6.02. The first-order chi connectivity index (χ1) is 8.03. The van der Waals surface area contributed by atoms with Crippen molar-refractivity contribution < 1.29 is 9.90 Å². The molecule has 1 saturated carbocycles. The number of azide groups is 1. The van der Waals surface area contributed by atoms with E-state index in [9.17, 15) is 9.90 Å². The summed E-state index contributed by atoms with van der Waals surface area (Å²) in [6.45, 7) is 4.83. The summed E-state index contributed by atoms with van der Waals surface area (Å²) < 4.78 is 0. The van der Waals surface area contributed by atoms with Gasteiger partial charge in [0.1, 0.15) is 5.54 Å². The lowest BCUT2D eigenvalue weighted by Gasteiger charge is -2.42. The zero-order valence-corrected chi connectivity index (χ0v) is 10.4. The molecule has 0 aromatic heterocycles. The molecule has 0 aliphatic heterocycles. The van der Waals surface area contributed by atoms with Crippen LogP contribution >= 0.6 is 0 Å². The van der Waals surface area contributed by atoms with Crippen LogP contribution in [0.15, 0.2) is 5.11 Å². The molecule has 6 heteroatoms. The number of carboxylic acids is 1. The topological polar surface area (TPSA) is 98.1 Å². The Kier molecular flexibility index (Phi) is 4.78. The molecular formula is C11H20N4O2. The zero-order valence-electron chi connectivity index (χ0n) is 10.4. The van der Waals surface area contributed by atoms with Crippen molar-refractivity contribution in [2.24, 2.45) is 17.0 Å². The summed E-state index contributed by atoms with van der Waals surface area (Å²) in [5.74, 6) is -0.121. The summed E-state index contributed by atoms with van der Waals surface area (Å²) in [7, 11) is 0. The van der Waals surface area contributed by atoms with Gasteiger partial charge in [-0.2, -0.15) is 0 Å². The molecule has 0 aromatic rings. The van der Waals surface area contributed by atoms with Crippen LogP contribution in [0.4, 0.5) is 0 Å². The minimum atomic E-state index is -0.850. The number of nitrogens with zero attached hydrogens (tertiary/aromatic N) is 3. The van der Waals surface area contributed by atoms with Gasteiger partial charge in [0.2, 0.25) is 0 Å². The van der Waals surface area contributed by atoms with Crippen LogP contribution in [-0.2, 0) is 4.79 Å². The van der Waals surface area contributed by atoms with E-state index in [4.69, 9.17) is 5.53 Å². The van der Waals surface area contributed by atoms with E-state index in [1.807, 2.05) is 6.92 Å². The van der Waals surface area contributed by atoms with Gasteiger partial charge < -0.3 is 10.4 Å². The standard InChI is InChI=1S/C11H20N4O2/c1-8-3-4-11(10(16)17,9(2)7-8)13-5-6-14-15-12/h8-9,13H,3-7H2,1-2H3,(H,16,17). The minimum absolute atomic E-state index is 0.0924. The number of aliphatic carboxylic acids is 1. The van der Waals surface area contributed by atoms with Crippen LogP contribution < -0.4 is 5.32 Å². The fourth-order valence-electron chi connectivity index (χ4n) is 2.67. The maximum absolute atomic E-state index is 11.5. The lowest BCUT2D eigenvalue weighted by atomic mass is 9.70. The molecule has 2 N–H and O–H groups in total. The van der Waals surface area contributed by atoms with Crippen LogP contribution in [0.5, 0.6) is 0 Å². The molecule has 1 aliphatic carbocycles. The van der Waals surface area contributed by atoms with Crippen molar-refractivity contribution in [3.8, 4) is 0 Å². The molecule has 1 rings (SSSR count). The molecule has 0 radical (unpaired) electrons. The van der Waals surface area contributed by atoms with Gasteiger partial charge in [0, 0.05) is 18.0 Å². The van der Waals surface area contributed by atoms with Crippen LogP contribution in [0.1, 0.15) is 33.1 Å². The Morgan fingerprint density at radius 3 is 2.88 bits per heavy atom. The van der Waals surface area contributed by atoms with Gasteiger partial charge in [-0.05, 0) is 36.6 Å². The number of hydrogen-bond donors (Lipinski definition) is 2. The molecule has 0 aromatic carbocycles. The average Bonchev–Trinajstić information content (AvgIpc) is 2.27. The van der Waals surface area contributed by atoms with E-state index in [1.54, 1.807) is 0 Å². The van der Waals surface area contributed by atoms with Gasteiger partial charge in [0.05, 0.1) is 0 Å². The zero-order chi connectivity index (χ0) is 12.9. The Hall–Kier alpha value is -1.26. The van der Waals surface area contributed by atoms with Gasteiger partial charge >= 0.3 is 5.97 Å². The third kappa shape index (κ3) is 3.11. The first kappa shape index (κ1) is 13.8. The molecule has 1 fully saturated rings. The van der Waals surface area contributed by atoms with E-state index in [1.165, 1.54) is 0 Å². The van der Waals surface area contributed by atoms with E-state index < -0.39 is 11.5 Å². The van der Waals surface area contributed by atoms with Crippen LogP contribution in [0.2, 0.25) is 0 Å². The van der Waals surface area contributed by atoms with Crippen molar-refractivity contribution in [2.75, 3.05) is 13.1 Å². The first-order valence-corrected chi connectivity index (χ1v) is 6.02. The summed E-state index contributed by atoms with van der Waals surface area (Å²) in [5.41, 5.74) is 7.33. The highest BCUT2D eigenvalue weighted by Gasteiger charge is 2.45. The Labute approximate surface area is 101 Å². The molecule has 0 heterocycles. The highest BCUT2D eigenvalue weighted by molar-refractivity contribution is 5.79. The number of hydrogen-bond acceptors (Lipinski definition) is 3. The van der Waals surface area contributed by atoms with Crippen LogP contribution in [-0.4, -0.2) is 29.7 Å². The smallest absolute Gasteiger partial charge is 0.324 e. The van der Waals surface area contributed by atoms with Crippen molar-refractivity contribution >= 4 is 5.97 Å². The van der Waals surface area contributed by atoms with Crippen molar-refractivity contribution in [3.63, 3.8) is 0 Å². The Bertz CT molecular complexity index is 327.